The molecule has 0 unspecified atom stereocenters. The van der Waals surface area contributed by atoms with Crippen molar-refractivity contribution in [3.63, 3.8) is 0 Å². The van der Waals surface area contributed by atoms with Crippen LogP contribution in [0.3, 0.4) is 0 Å². The zero-order chi connectivity index (χ0) is 40.5. The molecule has 1 aliphatic rings. The summed E-state index contributed by atoms with van der Waals surface area (Å²) in [6, 6.07) is 24.1. The summed E-state index contributed by atoms with van der Waals surface area (Å²) in [5, 5.41) is 14.1. The summed E-state index contributed by atoms with van der Waals surface area (Å²) in [5.41, 5.74) is 4.46. The molecule has 0 spiro atoms. The van der Waals surface area contributed by atoms with Gasteiger partial charge in [-0.1, -0.05) is 51.1 Å². The summed E-state index contributed by atoms with van der Waals surface area (Å²) in [6.45, 7) is 15.4. The normalized spacial score (nSPS) is 13.3. The van der Waals surface area contributed by atoms with Gasteiger partial charge in [0.25, 0.3) is 5.91 Å². The Labute approximate surface area is 336 Å². The van der Waals surface area contributed by atoms with Crippen LogP contribution in [0, 0.1) is 0 Å². The number of amides is 3. The largest absolute Gasteiger partial charge is 0.497 e. The van der Waals surface area contributed by atoms with Gasteiger partial charge in [0, 0.05) is 72.1 Å². The molecule has 0 atom stereocenters. The average Bonchev–Trinajstić information content (AvgIpc) is 3.18. The van der Waals surface area contributed by atoms with Gasteiger partial charge in [-0.15, -0.1) is 7.92 Å². The third kappa shape index (κ3) is 10.9. The van der Waals surface area contributed by atoms with Gasteiger partial charge in [0.1, 0.15) is 28.8 Å². The van der Waals surface area contributed by atoms with Gasteiger partial charge in [0.15, 0.2) is 0 Å². The van der Waals surface area contributed by atoms with Crippen LogP contribution in [0.5, 0.6) is 23.0 Å². The molecule has 1 fully saturated rings. The molecule has 4 aromatic carbocycles. The van der Waals surface area contributed by atoms with E-state index in [4.69, 9.17) is 18.9 Å². The SMILES string of the molecule is COc1cc(Nc2cc(Oc3ccc(NC(=O)Nc4cc(C(C)(C)C)cc(CP(C)C)c4OC)c4ccccc34)ccn2)cc(C(=O)NCCN2CCOCC2)c1. The fraction of sp³-hybridized carbons (Fsp3) is 0.341. The number of urea groups is 1. The van der Waals surface area contributed by atoms with Gasteiger partial charge in [-0.2, -0.15) is 0 Å². The summed E-state index contributed by atoms with van der Waals surface area (Å²) < 4.78 is 23.2. The highest BCUT2D eigenvalue weighted by atomic mass is 31.1. The third-order valence-electron chi connectivity index (χ3n) is 9.56. The molecule has 3 amide bonds. The maximum atomic E-state index is 13.6. The smallest absolute Gasteiger partial charge is 0.323 e. The maximum absolute atomic E-state index is 13.6. The molecule has 1 saturated heterocycles. The first-order valence-electron chi connectivity index (χ1n) is 19.0. The fourth-order valence-corrected chi connectivity index (χ4v) is 7.57. The van der Waals surface area contributed by atoms with Crippen LogP contribution in [0.1, 0.15) is 42.3 Å². The number of rotatable bonds is 14. The van der Waals surface area contributed by atoms with Gasteiger partial charge in [-0.3, -0.25) is 9.69 Å². The van der Waals surface area contributed by atoms with Crippen molar-refractivity contribution < 1.29 is 28.5 Å². The summed E-state index contributed by atoms with van der Waals surface area (Å²) in [5.74, 6) is 2.69. The molecular formula is C44H53N6O6P. The molecule has 13 heteroatoms. The van der Waals surface area contributed by atoms with Gasteiger partial charge >= 0.3 is 6.03 Å². The van der Waals surface area contributed by atoms with Crippen molar-refractivity contribution in [2.75, 3.05) is 82.9 Å². The minimum atomic E-state index is -0.379. The van der Waals surface area contributed by atoms with Crippen LogP contribution >= 0.6 is 7.92 Å². The maximum Gasteiger partial charge on any atom is 0.323 e. The van der Waals surface area contributed by atoms with Crippen LogP contribution in [0.2, 0.25) is 0 Å². The number of hydrogen-bond donors (Lipinski definition) is 4. The van der Waals surface area contributed by atoms with Crippen LogP contribution < -0.4 is 35.5 Å². The molecule has 0 saturated carbocycles. The molecule has 57 heavy (non-hydrogen) atoms. The highest BCUT2D eigenvalue weighted by molar-refractivity contribution is 7.55. The predicted molar refractivity (Wildman–Crippen MR) is 231 cm³/mol. The fourth-order valence-electron chi connectivity index (χ4n) is 6.65. The Morgan fingerprint density at radius 2 is 1.61 bits per heavy atom. The van der Waals surface area contributed by atoms with Crippen LogP contribution in [0.4, 0.5) is 27.7 Å². The summed E-state index contributed by atoms with van der Waals surface area (Å²) in [4.78, 5) is 33.5. The van der Waals surface area contributed by atoms with Crippen LogP contribution in [-0.2, 0) is 16.3 Å². The second-order valence-electron chi connectivity index (χ2n) is 15.2. The number of benzene rings is 4. The molecule has 12 nitrogen and oxygen atoms in total. The second kappa shape index (κ2) is 18.7. The lowest BCUT2D eigenvalue weighted by molar-refractivity contribution is 0.0383. The third-order valence-corrected chi connectivity index (χ3v) is 10.5. The zero-order valence-corrected chi connectivity index (χ0v) is 34.7. The number of pyridine rings is 1. The quantitative estimate of drug-likeness (QED) is 0.0813. The number of nitrogens with one attached hydrogen (secondary N) is 4. The number of nitrogens with zero attached hydrogens (tertiary/aromatic N) is 2. The summed E-state index contributed by atoms with van der Waals surface area (Å²) in [7, 11) is 2.98. The van der Waals surface area contributed by atoms with Crippen molar-refractivity contribution in [2.24, 2.45) is 0 Å². The van der Waals surface area contributed by atoms with Gasteiger partial charge in [0.05, 0.1) is 38.8 Å². The molecule has 0 radical (unpaired) electrons. The minimum absolute atomic E-state index is 0.115. The second-order valence-corrected chi connectivity index (χ2v) is 17.7. The van der Waals surface area contributed by atoms with Gasteiger partial charge < -0.3 is 40.2 Å². The zero-order valence-electron chi connectivity index (χ0n) is 33.8. The van der Waals surface area contributed by atoms with E-state index in [1.54, 1.807) is 50.7 Å². The standard InChI is InChI=1S/C44H53N6O6P/c1-44(2,3)31-22-30(28-57(6)7)41(54-5)38(25-31)49-43(52)48-37-12-13-39(36-11-9-8-10-35(36)37)56-33-14-15-45-40(27-33)47-32-23-29(24-34(26-32)53-4)42(51)46-16-17-50-18-20-55-21-19-50/h8-15,22-27H,16-21,28H2,1-7H3,(H,45,47)(H,46,51)(H2,48,49,52). The summed E-state index contributed by atoms with van der Waals surface area (Å²) in [6.07, 6.45) is 2.53. The van der Waals surface area contributed by atoms with E-state index in [0.717, 1.165) is 47.7 Å². The number of carbonyl (C=O) groups excluding carboxylic acids is 2. The Kier molecular flexibility index (Phi) is 13.5. The Hall–Kier alpha value is -5.42. The van der Waals surface area contributed by atoms with E-state index in [1.165, 1.54) is 0 Å². The number of aromatic nitrogens is 1. The monoisotopic (exact) mass is 792 g/mol. The minimum Gasteiger partial charge on any atom is -0.497 e. The number of fused-ring (bicyclic) bond motifs is 1. The molecule has 300 valence electrons. The van der Waals surface area contributed by atoms with E-state index in [9.17, 15) is 9.59 Å². The summed E-state index contributed by atoms with van der Waals surface area (Å²) >= 11 is 0. The molecule has 1 aromatic heterocycles. The van der Waals surface area contributed by atoms with Crippen LogP contribution in [-0.4, -0.2) is 88.8 Å². The first kappa shape index (κ1) is 41.2. The molecule has 2 heterocycles. The topological polar surface area (TPSA) is 135 Å². The molecular weight excluding hydrogens is 739 g/mol. The van der Waals surface area contributed by atoms with Crippen LogP contribution in [0.25, 0.3) is 10.8 Å². The number of carbonyl (C=O) groups is 2. The van der Waals surface area contributed by atoms with Crippen molar-refractivity contribution in [3.05, 3.63) is 102 Å². The molecule has 1 aliphatic heterocycles. The lowest BCUT2D eigenvalue weighted by Gasteiger charge is -2.26. The van der Waals surface area contributed by atoms with Crippen molar-refractivity contribution in [1.82, 2.24) is 15.2 Å². The highest BCUT2D eigenvalue weighted by Crippen LogP contribution is 2.42. The van der Waals surface area contributed by atoms with E-state index >= 15 is 0 Å². The molecule has 5 aromatic rings. The number of morpholine rings is 1. The Morgan fingerprint density at radius 1 is 0.860 bits per heavy atom. The molecule has 0 aliphatic carbocycles. The lowest BCUT2D eigenvalue weighted by atomic mass is 9.85. The Balaban J connectivity index is 1.16. The van der Waals surface area contributed by atoms with E-state index in [1.807, 2.05) is 42.5 Å². The van der Waals surface area contributed by atoms with E-state index in [2.05, 4.69) is 71.3 Å². The highest BCUT2D eigenvalue weighted by Gasteiger charge is 2.22. The van der Waals surface area contributed by atoms with Gasteiger partial charge in [0.2, 0.25) is 0 Å². The number of methoxy groups -OCH3 is 2. The number of anilines is 4. The number of hydrogen-bond acceptors (Lipinski definition) is 9. The average molecular weight is 793 g/mol. The van der Waals surface area contributed by atoms with Crippen molar-refractivity contribution in [1.29, 1.82) is 0 Å². The molecule has 4 N–H and O–H groups in total. The van der Waals surface area contributed by atoms with Crippen LogP contribution in [0.15, 0.2) is 85.1 Å². The van der Waals surface area contributed by atoms with Gasteiger partial charge in [-0.05, 0) is 66.9 Å². The molecule has 0 bridgehead atoms. The van der Waals surface area contributed by atoms with Crippen molar-refractivity contribution >= 4 is 53.5 Å². The Morgan fingerprint density at radius 3 is 2.33 bits per heavy atom. The molecule has 6 rings (SSSR count). The Bertz CT molecular complexity index is 2200. The van der Waals surface area contributed by atoms with Gasteiger partial charge in [-0.25, -0.2) is 9.78 Å². The number of ether oxygens (including phenoxy) is 4. The first-order valence-corrected chi connectivity index (χ1v) is 21.5. The first-order chi connectivity index (χ1) is 27.4. The van der Waals surface area contributed by atoms with E-state index in [-0.39, 0.29) is 25.3 Å². The van der Waals surface area contributed by atoms with Crippen molar-refractivity contribution in [2.45, 2.75) is 32.3 Å². The van der Waals surface area contributed by atoms with Crippen molar-refractivity contribution in [3.8, 4) is 23.0 Å². The van der Waals surface area contributed by atoms with E-state index < -0.39 is 0 Å². The van der Waals surface area contributed by atoms with E-state index in [0.29, 0.717) is 71.2 Å². The predicted octanol–water partition coefficient (Wildman–Crippen LogP) is 9.03. The lowest BCUT2D eigenvalue weighted by Crippen LogP contribution is -2.41.